The van der Waals surface area contributed by atoms with E-state index >= 15 is 0 Å². The van der Waals surface area contributed by atoms with Gasteiger partial charge in [-0.1, -0.05) is 170 Å². The second-order valence-corrected chi connectivity index (χ2v) is 15.9. The van der Waals surface area contributed by atoms with Crippen LogP contribution in [-0.4, -0.2) is 10.8 Å². The lowest BCUT2D eigenvalue weighted by Crippen LogP contribution is -2.27. The SMILES string of the molecule is C1=C(c2ccccc2)NC(c2ccc(-c3nc4sc5ccccc5c4c4ccccc34)cc2)=NC1c1ccc(-c2cccc3c2oc2ccccc23)c2ccccc12. The molecule has 1 aliphatic heterocycles. The summed E-state index contributed by atoms with van der Waals surface area (Å²) in [6, 6.07) is 64.2. The van der Waals surface area contributed by atoms with Gasteiger partial charge in [0.1, 0.15) is 21.8 Å². The molecule has 0 fully saturated rings. The number of aromatic nitrogens is 1. The molecule has 1 N–H and O–H groups in total. The highest BCUT2D eigenvalue weighted by Crippen LogP contribution is 2.43. The molecule has 0 bridgehead atoms. The lowest BCUT2D eigenvalue weighted by Gasteiger charge is -2.24. The van der Waals surface area contributed by atoms with Gasteiger partial charge in [0.05, 0.1) is 11.7 Å². The van der Waals surface area contributed by atoms with Crippen molar-refractivity contribution in [1.29, 1.82) is 0 Å². The molecule has 58 heavy (non-hydrogen) atoms. The van der Waals surface area contributed by atoms with Crippen molar-refractivity contribution in [3.63, 3.8) is 0 Å². The van der Waals surface area contributed by atoms with Crippen molar-refractivity contribution in [3.05, 3.63) is 205 Å². The predicted octanol–water partition coefficient (Wildman–Crippen LogP) is 14.1. The molecule has 0 radical (unpaired) electrons. The minimum atomic E-state index is -0.229. The van der Waals surface area contributed by atoms with E-state index in [0.717, 1.165) is 93.5 Å². The Morgan fingerprint density at radius 2 is 1.16 bits per heavy atom. The minimum Gasteiger partial charge on any atom is -0.455 e. The Hall–Kier alpha value is -7.34. The summed E-state index contributed by atoms with van der Waals surface area (Å²) in [7, 11) is 0. The van der Waals surface area contributed by atoms with E-state index in [0.29, 0.717) is 0 Å². The molecule has 4 nitrogen and oxygen atoms in total. The number of rotatable bonds is 5. The van der Waals surface area contributed by atoms with Crippen LogP contribution >= 0.6 is 11.3 Å². The van der Waals surface area contributed by atoms with Gasteiger partial charge in [-0.25, -0.2) is 4.98 Å². The first-order valence-corrected chi connectivity index (χ1v) is 20.4. The van der Waals surface area contributed by atoms with Crippen molar-refractivity contribution in [2.45, 2.75) is 6.04 Å². The maximum atomic E-state index is 6.51. The van der Waals surface area contributed by atoms with Gasteiger partial charge in [0, 0.05) is 54.0 Å². The smallest absolute Gasteiger partial charge is 0.143 e. The lowest BCUT2D eigenvalue weighted by atomic mass is 9.90. The molecule has 272 valence electrons. The van der Waals surface area contributed by atoms with Crippen molar-refractivity contribution in [2.75, 3.05) is 0 Å². The molecular weight excluding hydrogens is 727 g/mol. The van der Waals surface area contributed by atoms with Crippen molar-refractivity contribution in [3.8, 4) is 22.4 Å². The van der Waals surface area contributed by atoms with Gasteiger partial charge in [-0.3, -0.25) is 4.99 Å². The molecule has 1 aliphatic rings. The summed E-state index contributed by atoms with van der Waals surface area (Å²) in [6.45, 7) is 0. The summed E-state index contributed by atoms with van der Waals surface area (Å²) in [6.07, 6.45) is 2.25. The number of fused-ring (bicyclic) bond motifs is 9. The van der Waals surface area contributed by atoms with Gasteiger partial charge in [0.25, 0.3) is 0 Å². The largest absolute Gasteiger partial charge is 0.455 e. The molecule has 8 aromatic carbocycles. The number of thiophene rings is 1. The van der Waals surface area contributed by atoms with Crippen molar-refractivity contribution < 1.29 is 4.42 Å². The van der Waals surface area contributed by atoms with Gasteiger partial charge >= 0.3 is 0 Å². The van der Waals surface area contributed by atoms with Gasteiger partial charge in [-0.05, 0) is 51.1 Å². The fourth-order valence-corrected chi connectivity index (χ4v) is 9.94. The van der Waals surface area contributed by atoms with Crippen LogP contribution in [0.3, 0.4) is 0 Å². The van der Waals surface area contributed by atoms with E-state index in [9.17, 15) is 0 Å². The highest BCUT2D eigenvalue weighted by atomic mass is 32.1. The third-order valence-electron chi connectivity index (χ3n) is 11.6. The van der Waals surface area contributed by atoms with Crippen LogP contribution in [-0.2, 0) is 0 Å². The van der Waals surface area contributed by atoms with Crippen LogP contribution in [0.5, 0.6) is 0 Å². The van der Waals surface area contributed by atoms with E-state index < -0.39 is 0 Å². The number of furan rings is 1. The summed E-state index contributed by atoms with van der Waals surface area (Å²) in [4.78, 5) is 11.8. The van der Waals surface area contributed by atoms with E-state index in [1.54, 1.807) is 11.3 Å². The van der Waals surface area contributed by atoms with Gasteiger partial charge in [0.15, 0.2) is 0 Å². The van der Waals surface area contributed by atoms with Crippen LogP contribution in [0.2, 0.25) is 0 Å². The third-order valence-corrected chi connectivity index (χ3v) is 12.6. The molecule has 0 saturated heterocycles. The zero-order valence-electron chi connectivity index (χ0n) is 31.2. The molecule has 12 rings (SSSR count). The summed E-state index contributed by atoms with van der Waals surface area (Å²) in [5.74, 6) is 0.830. The number of nitrogens with one attached hydrogen (secondary N) is 1. The Bertz CT molecular complexity index is 3490. The fraction of sp³-hybridized carbons (Fsp3) is 0.0189. The maximum Gasteiger partial charge on any atom is 0.143 e. The molecule has 5 heteroatoms. The number of aliphatic imine (C=N–C) groups is 1. The van der Waals surface area contributed by atoms with E-state index in [2.05, 4.69) is 181 Å². The number of benzene rings is 8. The number of nitrogens with zero attached hydrogens (tertiary/aromatic N) is 2. The summed E-state index contributed by atoms with van der Waals surface area (Å²) in [5, 5.41) is 13.2. The van der Waals surface area contributed by atoms with Crippen molar-refractivity contribution in [1.82, 2.24) is 10.3 Å². The van der Waals surface area contributed by atoms with Crippen molar-refractivity contribution in [2.24, 2.45) is 4.99 Å². The number of amidine groups is 1. The lowest BCUT2D eigenvalue weighted by molar-refractivity contribution is 0.670. The first-order chi connectivity index (χ1) is 28.7. The number of para-hydroxylation sites is 2. The highest BCUT2D eigenvalue weighted by molar-refractivity contribution is 7.25. The molecule has 0 aliphatic carbocycles. The third kappa shape index (κ3) is 5.21. The number of hydrogen-bond acceptors (Lipinski definition) is 5. The Kier molecular flexibility index (Phi) is 7.43. The molecular formula is C53H33N3OS. The normalized spacial score (nSPS) is 14.4. The van der Waals surface area contributed by atoms with Crippen LogP contribution in [0.15, 0.2) is 197 Å². The minimum absolute atomic E-state index is 0.229. The topological polar surface area (TPSA) is 50.4 Å². The van der Waals surface area contributed by atoms with Gasteiger partial charge in [-0.2, -0.15) is 0 Å². The molecule has 3 aromatic heterocycles. The van der Waals surface area contributed by atoms with E-state index in [1.807, 2.05) is 12.1 Å². The number of hydrogen-bond donors (Lipinski definition) is 1. The standard InChI is InChI=1S/C53H33N3OS/c1-2-13-32(14-3-1)45-31-46(38-30-29-37(35-15-4-5-16-36(35)38)42-21-12-22-43-39-17-8-10-23-47(39)57-51(42)43)55-52(54-45)34-27-25-33(26-28-34)50-41-19-7-6-18-40(41)49-44-20-9-11-24-48(44)58-53(49)56-50/h1-31,46H,(H,54,55). The maximum absolute atomic E-state index is 6.51. The molecule has 1 atom stereocenters. The monoisotopic (exact) mass is 759 g/mol. The van der Waals surface area contributed by atoms with Crippen molar-refractivity contribution >= 4 is 86.7 Å². The molecule has 0 saturated carbocycles. The van der Waals surface area contributed by atoms with Gasteiger partial charge in [-0.15, -0.1) is 11.3 Å². The Morgan fingerprint density at radius 1 is 0.483 bits per heavy atom. The zero-order valence-corrected chi connectivity index (χ0v) is 32.0. The second-order valence-electron chi connectivity index (χ2n) is 14.9. The molecule has 4 heterocycles. The zero-order chi connectivity index (χ0) is 38.2. The molecule has 11 aromatic rings. The Morgan fingerprint density at radius 3 is 2.00 bits per heavy atom. The van der Waals surface area contributed by atoms with Crippen LogP contribution in [0.1, 0.15) is 22.7 Å². The van der Waals surface area contributed by atoms with E-state index in [4.69, 9.17) is 14.4 Å². The summed E-state index contributed by atoms with van der Waals surface area (Å²) in [5.41, 5.74) is 10.4. The molecule has 1 unspecified atom stereocenters. The average Bonchev–Trinajstić information content (AvgIpc) is 3.87. The quantitative estimate of drug-likeness (QED) is 0.190. The molecule has 0 amide bonds. The first-order valence-electron chi connectivity index (χ1n) is 19.6. The number of pyridine rings is 1. The van der Waals surface area contributed by atoms with E-state index in [1.165, 1.54) is 20.9 Å². The van der Waals surface area contributed by atoms with Crippen LogP contribution in [0.25, 0.3) is 91.9 Å². The first kappa shape index (κ1) is 32.9. The average molecular weight is 760 g/mol. The van der Waals surface area contributed by atoms with E-state index in [-0.39, 0.29) is 6.04 Å². The summed E-state index contributed by atoms with van der Waals surface area (Å²) < 4.78 is 7.76. The Labute approximate surface area is 338 Å². The Balaban J connectivity index is 0.975. The predicted molar refractivity (Wildman–Crippen MR) is 244 cm³/mol. The van der Waals surface area contributed by atoms with Crippen LogP contribution < -0.4 is 5.32 Å². The summed E-state index contributed by atoms with van der Waals surface area (Å²) >= 11 is 1.76. The van der Waals surface area contributed by atoms with Crippen LogP contribution in [0, 0.1) is 0 Å². The highest BCUT2D eigenvalue weighted by Gasteiger charge is 2.23. The fourth-order valence-electron chi connectivity index (χ4n) is 8.85. The van der Waals surface area contributed by atoms with Gasteiger partial charge in [0.2, 0.25) is 0 Å². The van der Waals surface area contributed by atoms with Gasteiger partial charge < -0.3 is 9.73 Å². The molecule has 0 spiro atoms. The second kappa shape index (κ2) is 13.1. The van der Waals surface area contributed by atoms with Crippen LogP contribution in [0.4, 0.5) is 0 Å².